The Balaban J connectivity index is 1.79. The molecule has 4 nitrogen and oxygen atoms in total. The number of rotatable bonds is 3. The van der Waals surface area contributed by atoms with Crippen LogP contribution in [0, 0.1) is 5.92 Å². The average molecular weight is 234 g/mol. The van der Waals surface area contributed by atoms with Crippen molar-refractivity contribution in [2.45, 2.75) is 0 Å². The zero-order valence-electron chi connectivity index (χ0n) is 9.82. The van der Waals surface area contributed by atoms with E-state index in [1.807, 2.05) is 30.3 Å². The Morgan fingerprint density at radius 2 is 2.24 bits per heavy atom. The average Bonchev–Trinajstić information content (AvgIpc) is 2.65. The van der Waals surface area contributed by atoms with E-state index in [2.05, 4.69) is 10.6 Å². The highest BCUT2D eigenvalue weighted by Crippen LogP contribution is 2.01. The second-order valence-corrected chi connectivity index (χ2v) is 4.22. The van der Waals surface area contributed by atoms with Gasteiger partial charge in [-0.1, -0.05) is 18.2 Å². The molecule has 0 aliphatic carbocycles. The fourth-order valence-electron chi connectivity index (χ4n) is 1.82. The summed E-state index contributed by atoms with van der Waals surface area (Å²) in [4.78, 5) is 11.8. The van der Waals surface area contributed by atoms with Gasteiger partial charge in [0.25, 0.3) is 5.91 Å². The van der Waals surface area contributed by atoms with Crippen molar-refractivity contribution in [2.24, 2.45) is 5.92 Å². The zero-order chi connectivity index (χ0) is 11.9. The lowest BCUT2D eigenvalue weighted by Crippen LogP contribution is -2.35. The summed E-state index contributed by atoms with van der Waals surface area (Å²) in [6.45, 7) is 3.91. The van der Waals surface area contributed by atoms with Crippen LogP contribution in [0.15, 0.2) is 30.3 Å². The Kier molecular flexibility index (Phi) is 4.53. The summed E-state index contributed by atoms with van der Waals surface area (Å²) in [5, 5.41) is 6.22. The van der Waals surface area contributed by atoms with Crippen molar-refractivity contribution in [3.05, 3.63) is 35.9 Å². The minimum absolute atomic E-state index is 0.0187. The number of benzene rings is 1. The van der Waals surface area contributed by atoms with Gasteiger partial charge in [-0.25, -0.2) is 0 Å². The van der Waals surface area contributed by atoms with E-state index < -0.39 is 0 Å². The van der Waals surface area contributed by atoms with E-state index in [0.717, 1.165) is 19.7 Å². The van der Waals surface area contributed by atoms with Gasteiger partial charge >= 0.3 is 0 Å². The monoisotopic (exact) mass is 234 g/mol. The highest BCUT2D eigenvalue weighted by molar-refractivity contribution is 5.94. The molecule has 1 saturated heterocycles. The van der Waals surface area contributed by atoms with Crippen LogP contribution in [0.25, 0.3) is 0 Å². The van der Waals surface area contributed by atoms with Crippen molar-refractivity contribution in [3.8, 4) is 0 Å². The molecule has 1 amide bonds. The molecular formula is C13H18N2O2. The van der Waals surface area contributed by atoms with E-state index >= 15 is 0 Å². The highest BCUT2D eigenvalue weighted by Gasteiger charge is 2.13. The van der Waals surface area contributed by atoms with Crippen LogP contribution in [0.1, 0.15) is 10.4 Å². The van der Waals surface area contributed by atoms with Gasteiger partial charge in [0, 0.05) is 31.1 Å². The summed E-state index contributed by atoms with van der Waals surface area (Å²) in [6.07, 6.45) is 0. The van der Waals surface area contributed by atoms with Crippen LogP contribution < -0.4 is 10.6 Å². The van der Waals surface area contributed by atoms with Gasteiger partial charge < -0.3 is 15.4 Å². The number of carbonyl (C=O) groups excluding carboxylic acids is 1. The molecule has 92 valence electrons. The molecule has 1 atom stereocenters. The maximum Gasteiger partial charge on any atom is 0.251 e. The predicted octanol–water partition coefficient (Wildman–Crippen LogP) is 0.652. The molecule has 1 aliphatic rings. The molecule has 1 aromatic carbocycles. The molecule has 17 heavy (non-hydrogen) atoms. The maximum absolute atomic E-state index is 11.8. The topological polar surface area (TPSA) is 50.4 Å². The van der Waals surface area contributed by atoms with Gasteiger partial charge in [0.05, 0.1) is 13.2 Å². The van der Waals surface area contributed by atoms with Crippen molar-refractivity contribution in [1.29, 1.82) is 0 Å². The van der Waals surface area contributed by atoms with E-state index in [1.54, 1.807) is 0 Å². The Morgan fingerprint density at radius 3 is 3.06 bits per heavy atom. The maximum atomic E-state index is 11.8. The van der Waals surface area contributed by atoms with Crippen LogP contribution in [0.2, 0.25) is 0 Å². The number of ether oxygens (including phenoxy) is 1. The Labute approximate surface area is 101 Å². The molecule has 1 unspecified atom stereocenters. The lowest BCUT2D eigenvalue weighted by Gasteiger charge is -2.14. The van der Waals surface area contributed by atoms with Crippen molar-refractivity contribution in [2.75, 3.05) is 32.8 Å². The first-order valence-corrected chi connectivity index (χ1v) is 5.98. The van der Waals surface area contributed by atoms with Gasteiger partial charge in [-0.05, 0) is 12.1 Å². The van der Waals surface area contributed by atoms with E-state index in [-0.39, 0.29) is 5.91 Å². The van der Waals surface area contributed by atoms with E-state index in [1.165, 1.54) is 0 Å². The SMILES string of the molecule is O=C(NCC1CNCCOC1)c1ccccc1. The van der Waals surface area contributed by atoms with Crippen LogP contribution in [0.3, 0.4) is 0 Å². The van der Waals surface area contributed by atoms with Crippen LogP contribution in [0.5, 0.6) is 0 Å². The molecule has 1 fully saturated rings. The number of hydrogen-bond acceptors (Lipinski definition) is 3. The van der Waals surface area contributed by atoms with E-state index in [0.29, 0.717) is 24.6 Å². The normalized spacial score (nSPS) is 20.6. The molecule has 2 rings (SSSR count). The molecule has 1 aromatic rings. The first-order chi connectivity index (χ1) is 8.36. The second kappa shape index (κ2) is 6.37. The van der Waals surface area contributed by atoms with Gasteiger partial charge in [-0.2, -0.15) is 0 Å². The van der Waals surface area contributed by atoms with Crippen molar-refractivity contribution < 1.29 is 9.53 Å². The standard InChI is InChI=1S/C13H18N2O2/c16-13(12-4-2-1-3-5-12)15-9-11-8-14-6-7-17-10-11/h1-5,11,14H,6-10H2,(H,15,16). The van der Waals surface area contributed by atoms with Crippen LogP contribution in [0.4, 0.5) is 0 Å². The number of carbonyl (C=O) groups is 1. The molecule has 0 saturated carbocycles. The van der Waals surface area contributed by atoms with E-state index in [9.17, 15) is 4.79 Å². The molecule has 0 aromatic heterocycles. The first-order valence-electron chi connectivity index (χ1n) is 5.98. The molecule has 0 spiro atoms. The van der Waals surface area contributed by atoms with Gasteiger partial charge in [0.15, 0.2) is 0 Å². The second-order valence-electron chi connectivity index (χ2n) is 4.22. The third-order valence-corrected chi connectivity index (χ3v) is 2.80. The first kappa shape index (κ1) is 12.1. The minimum atomic E-state index is -0.0187. The van der Waals surface area contributed by atoms with Gasteiger partial charge in [0.2, 0.25) is 0 Å². The predicted molar refractivity (Wildman–Crippen MR) is 66.0 cm³/mol. The lowest BCUT2D eigenvalue weighted by molar-refractivity contribution is 0.0921. The van der Waals surface area contributed by atoms with Crippen molar-refractivity contribution in [1.82, 2.24) is 10.6 Å². The molecule has 0 bridgehead atoms. The highest BCUT2D eigenvalue weighted by atomic mass is 16.5. The van der Waals surface area contributed by atoms with E-state index in [4.69, 9.17) is 4.74 Å². The molecular weight excluding hydrogens is 216 g/mol. The van der Waals surface area contributed by atoms with Crippen LogP contribution in [-0.4, -0.2) is 38.8 Å². The van der Waals surface area contributed by atoms with Gasteiger partial charge in [-0.3, -0.25) is 4.79 Å². The minimum Gasteiger partial charge on any atom is -0.380 e. The number of amides is 1. The van der Waals surface area contributed by atoms with Crippen molar-refractivity contribution in [3.63, 3.8) is 0 Å². The fourth-order valence-corrected chi connectivity index (χ4v) is 1.82. The summed E-state index contributed by atoms with van der Waals surface area (Å²) in [5.41, 5.74) is 0.704. The molecule has 2 N–H and O–H groups in total. The smallest absolute Gasteiger partial charge is 0.251 e. The third kappa shape index (κ3) is 3.84. The molecule has 1 heterocycles. The Bertz CT molecular complexity index is 346. The number of nitrogens with one attached hydrogen (secondary N) is 2. The summed E-state index contributed by atoms with van der Waals surface area (Å²) >= 11 is 0. The Hall–Kier alpha value is -1.39. The van der Waals surface area contributed by atoms with Gasteiger partial charge in [-0.15, -0.1) is 0 Å². The number of hydrogen-bond donors (Lipinski definition) is 2. The van der Waals surface area contributed by atoms with Crippen LogP contribution >= 0.6 is 0 Å². The zero-order valence-corrected chi connectivity index (χ0v) is 9.82. The third-order valence-electron chi connectivity index (χ3n) is 2.80. The largest absolute Gasteiger partial charge is 0.380 e. The summed E-state index contributed by atoms with van der Waals surface area (Å²) < 4.78 is 5.43. The van der Waals surface area contributed by atoms with Gasteiger partial charge in [0.1, 0.15) is 0 Å². The summed E-state index contributed by atoms with van der Waals surface area (Å²) in [7, 11) is 0. The van der Waals surface area contributed by atoms with Crippen LogP contribution in [-0.2, 0) is 4.74 Å². The summed E-state index contributed by atoms with van der Waals surface area (Å²) in [6, 6.07) is 9.27. The molecule has 4 heteroatoms. The summed E-state index contributed by atoms with van der Waals surface area (Å²) in [5.74, 6) is 0.333. The molecule has 0 radical (unpaired) electrons. The lowest BCUT2D eigenvalue weighted by atomic mass is 10.1. The quantitative estimate of drug-likeness (QED) is 0.807. The van der Waals surface area contributed by atoms with Crippen molar-refractivity contribution >= 4 is 5.91 Å². The fraction of sp³-hybridized carbons (Fsp3) is 0.462. The molecule has 1 aliphatic heterocycles. The Morgan fingerprint density at radius 1 is 1.41 bits per heavy atom.